The highest BCUT2D eigenvalue weighted by Crippen LogP contribution is 2.30. The third kappa shape index (κ3) is 9.40. The normalized spacial score (nSPS) is 14.9. The standard InChI is InChI=1S/C30H41N3O3S/c1-31-30(36)16-15-27(22-35)32(2)20-28-26(21-34)9-6-10-29(28)37-23-25-13-11-24(12-14-25)8-7-19-33-17-4-3-5-18-33/h6,9-14,21-22,27H,3-5,7-8,15-20,23H2,1-2H3,(H,31,36). The molecule has 1 heterocycles. The van der Waals surface area contributed by atoms with Gasteiger partial charge in [-0.05, 0) is 81.5 Å². The van der Waals surface area contributed by atoms with Gasteiger partial charge in [0, 0.05) is 36.2 Å². The molecule has 7 heteroatoms. The second-order valence-corrected chi connectivity index (χ2v) is 10.9. The quantitative estimate of drug-likeness (QED) is 0.269. The summed E-state index contributed by atoms with van der Waals surface area (Å²) in [6, 6.07) is 14.3. The van der Waals surface area contributed by atoms with Gasteiger partial charge >= 0.3 is 0 Å². The molecule has 1 aliphatic rings. The highest BCUT2D eigenvalue weighted by molar-refractivity contribution is 7.98. The van der Waals surface area contributed by atoms with Crippen LogP contribution in [0.1, 0.15) is 65.6 Å². The Morgan fingerprint density at radius 1 is 1.08 bits per heavy atom. The Balaban J connectivity index is 1.57. The van der Waals surface area contributed by atoms with Crippen LogP contribution in [-0.4, -0.2) is 68.1 Å². The van der Waals surface area contributed by atoms with Gasteiger partial charge < -0.3 is 15.0 Å². The van der Waals surface area contributed by atoms with E-state index in [2.05, 4.69) is 34.5 Å². The minimum Gasteiger partial charge on any atom is -0.359 e. The number of nitrogens with one attached hydrogen (secondary N) is 1. The lowest BCUT2D eigenvalue weighted by atomic mass is 10.1. The number of aryl methyl sites for hydroxylation is 1. The van der Waals surface area contributed by atoms with Crippen molar-refractivity contribution in [3.05, 3.63) is 64.7 Å². The fourth-order valence-electron chi connectivity index (χ4n) is 4.81. The van der Waals surface area contributed by atoms with Crippen molar-refractivity contribution in [3.63, 3.8) is 0 Å². The molecule has 1 atom stereocenters. The summed E-state index contributed by atoms with van der Waals surface area (Å²) >= 11 is 1.71. The molecular formula is C30H41N3O3S. The molecule has 0 bridgehead atoms. The van der Waals surface area contributed by atoms with Crippen molar-refractivity contribution < 1.29 is 14.4 Å². The summed E-state index contributed by atoms with van der Waals surface area (Å²) in [5, 5.41) is 2.59. The lowest BCUT2D eigenvalue weighted by molar-refractivity contribution is -0.121. The number of carbonyl (C=O) groups excluding carboxylic acids is 3. The number of carbonyl (C=O) groups is 3. The van der Waals surface area contributed by atoms with Gasteiger partial charge in [-0.15, -0.1) is 11.8 Å². The predicted molar refractivity (Wildman–Crippen MR) is 151 cm³/mol. The first-order chi connectivity index (χ1) is 18.0. The molecule has 6 nitrogen and oxygen atoms in total. The fourth-order valence-corrected chi connectivity index (χ4v) is 5.86. The summed E-state index contributed by atoms with van der Waals surface area (Å²) in [7, 11) is 3.46. The van der Waals surface area contributed by atoms with E-state index in [-0.39, 0.29) is 12.3 Å². The van der Waals surface area contributed by atoms with Crippen molar-refractivity contribution in [1.29, 1.82) is 0 Å². The van der Waals surface area contributed by atoms with Crippen LogP contribution in [0.3, 0.4) is 0 Å². The van der Waals surface area contributed by atoms with Crippen LogP contribution in [0.5, 0.6) is 0 Å². The van der Waals surface area contributed by atoms with E-state index in [4.69, 9.17) is 0 Å². The molecule has 37 heavy (non-hydrogen) atoms. The summed E-state index contributed by atoms with van der Waals surface area (Å²) in [6.45, 7) is 4.17. The first-order valence-electron chi connectivity index (χ1n) is 13.4. The molecule has 0 spiro atoms. The van der Waals surface area contributed by atoms with Crippen molar-refractivity contribution in [2.45, 2.75) is 68.2 Å². The molecule has 0 radical (unpaired) electrons. The Morgan fingerprint density at radius 3 is 2.49 bits per heavy atom. The van der Waals surface area contributed by atoms with Gasteiger partial charge in [-0.3, -0.25) is 14.5 Å². The lowest BCUT2D eigenvalue weighted by Crippen LogP contribution is -2.34. The summed E-state index contributed by atoms with van der Waals surface area (Å²) in [5.74, 6) is 0.721. The van der Waals surface area contributed by atoms with Crippen molar-refractivity contribution in [1.82, 2.24) is 15.1 Å². The Kier molecular flexibility index (Phi) is 12.3. The van der Waals surface area contributed by atoms with Gasteiger partial charge in [-0.2, -0.15) is 0 Å². The van der Waals surface area contributed by atoms with Crippen LogP contribution in [0.25, 0.3) is 0 Å². The van der Waals surface area contributed by atoms with Gasteiger partial charge in [-0.25, -0.2) is 0 Å². The number of amides is 1. The summed E-state index contributed by atoms with van der Waals surface area (Å²) in [6.07, 6.45) is 8.87. The summed E-state index contributed by atoms with van der Waals surface area (Å²) in [4.78, 5) is 40.7. The molecule has 3 rings (SSSR count). The Morgan fingerprint density at radius 2 is 1.81 bits per heavy atom. The number of piperidine rings is 1. The number of thioether (sulfide) groups is 1. The van der Waals surface area contributed by atoms with Crippen molar-refractivity contribution >= 4 is 30.2 Å². The van der Waals surface area contributed by atoms with E-state index < -0.39 is 6.04 Å². The molecule has 1 amide bonds. The Bertz CT molecular complexity index is 1010. The second-order valence-electron chi connectivity index (χ2n) is 9.88. The van der Waals surface area contributed by atoms with E-state index in [1.54, 1.807) is 18.8 Å². The maximum Gasteiger partial charge on any atom is 0.219 e. The molecule has 0 aromatic heterocycles. The number of aldehydes is 2. The fraction of sp³-hybridized carbons (Fsp3) is 0.500. The van der Waals surface area contributed by atoms with Gasteiger partial charge in [0.2, 0.25) is 5.91 Å². The third-order valence-electron chi connectivity index (χ3n) is 7.18. The maximum atomic E-state index is 11.8. The molecule has 1 fully saturated rings. The topological polar surface area (TPSA) is 69.7 Å². The number of hydrogen-bond acceptors (Lipinski definition) is 6. The average Bonchev–Trinajstić information content (AvgIpc) is 2.93. The number of nitrogens with zero attached hydrogens (tertiary/aromatic N) is 2. The molecule has 1 N–H and O–H groups in total. The zero-order valence-electron chi connectivity index (χ0n) is 22.3. The molecule has 2 aromatic carbocycles. The van der Waals surface area contributed by atoms with Gasteiger partial charge in [0.05, 0.1) is 6.04 Å². The minimum absolute atomic E-state index is 0.0854. The van der Waals surface area contributed by atoms with Gasteiger partial charge in [-0.1, -0.05) is 42.8 Å². The van der Waals surface area contributed by atoms with Crippen LogP contribution in [0.15, 0.2) is 47.4 Å². The lowest BCUT2D eigenvalue weighted by Gasteiger charge is -2.26. The smallest absolute Gasteiger partial charge is 0.219 e. The summed E-state index contributed by atoms with van der Waals surface area (Å²) < 4.78 is 0. The largest absolute Gasteiger partial charge is 0.359 e. The molecule has 0 aliphatic carbocycles. The van der Waals surface area contributed by atoms with Gasteiger partial charge in [0.25, 0.3) is 0 Å². The number of likely N-dealkylation sites (tertiary alicyclic amines) is 1. The molecule has 0 saturated carbocycles. The van der Waals surface area contributed by atoms with E-state index in [1.165, 1.54) is 56.4 Å². The third-order valence-corrected chi connectivity index (χ3v) is 8.35. The number of benzene rings is 2. The first-order valence-corrected chi connectivity index (χ1v) is 14.4. The Hall–Kier alpha value is -2.48. The summed E-state index contributed by atoms with van der Waals surface area (Å²) in [5.41, 5.74) is 4.19. The number of likely N-dealkylation sites (N-methyl/N-ethyl adjacent to an activating group) is 1. The predicted octanol–water partition coefficient (Wildman–Crippen LogP) is 4.74. The van der Waals surface area contributed by atoms with Gasteiger partial charge in [0.15, 0.2) is 0 Å². The van der Waals surface area contributed by atoms with Crippen LogP contribution in [0, 0.1) is 0 Å². The van der Waals surface area contributed by atoms with E-state index in [9.17, 15) is 14.4 Å². The molecule has 1 aliphatic heterocycles. The monoisotopic (exact) mass is 523 g/mol. The average molecular weight is 524 g/mol. The molecule has 2 aromatic rings. The van der Waals surface area contributed by atoms with Crippen molar-refractivity contribution in [2.24, 2.45) is 0 Å². The molecular weight excluding hydrogens is 482 g/mol. The molecule has 1 unspecified atom stereocenters. The second kappa shape index (κ2) is 15.7. The van der Waals surface area contributed by atoms with Crippen LogP contribution in [-0.2, 0) is 28.3 Å². The number of hydrogen-bond donors (Lipinski definition) is 1. The van der Waals surface area contributed by atoms with Crippen molar-refractivity contribution in [2.75, 3.05) is 33.7 Å². The van der Waals surface area contributed by atoms with Crippen LogP contribution in [0.4, 0.5) is 0 Å². The minimum atomic E-state index is -0.391. The van der Waals surface area contributed by atoms with E-state index >= 15 is 0 Å². The highest BCUT2D eigenvalue weighted by Gasteiger charge is 2.19. The highest BCUT2D eigenvalue weighted by atomic mass is 32.2. The van der Waals surface area contributed by atoms with Crippen LogP contribution < -0.4 is 5.32 Å². The zero-order chi connectivity index (χ0) is 26.5. The van der Waals surface area contributed by atoms with Gasteiger partial charge in [0.1, 0.15) is 12.6 Å². The van der Waals surface area contributed by atoms with Crippen LogP contribution in [0.2, 0.25) is 0 Å². The van der Waals surface area contributed by atoms with E-state index in [1.807, 2.05) is 30.1 Å². The van der Waals surface area contributed by atoms with Crippen molar-refractivity contribution in [3.8, 4) is 0 Å². The zero-order valence-corrected chi connectivity index (χ0v) is 23.1. The SMILES string of the molecule is CNC(=O)CCC(C=O)N(C)Cc1c(C=O)cccc1SCc1ccc(CCCN2CCCCC2)cc1. The van der Waals surface area contributed by atoms with E-state index in [0.29, 0.717) is 18.5 Å². The van der Waals surface area contributed by atoms with Crippen LogP contribution >= 0.6 is 11.8 Å². The first kappa shape index (κ1) is 29.1. The Labute approximate surface area is 226 Å². The number of rotatable bonds is 15. The maximum absolute atomic E-state index is 11.8. The molecule has 1 saturated heterocycles. The van der Waals surface area contributed by atoms with E-state index in [0.717, 1.165) is 35.2 Å². The molecule has 200 valence electrons.